The van der Waals surface area contributed by atoms with Crippen molar-refractivity contribution in [1.29, 1.82) is 0 Å². The van der Waals surface area contributed by atoms with Crippen molar-refractivity contribution in [2.45, 2.75) is 40.2 Å². The molecule has 30 heavy (non-hydrogen) atoms. The van der Waals surface area contributed by atoms with E-state index in [1.807, 2.05) is 51.1 Å². The van der Waals surface area contributed by atoms with Crippen LogP contribution >= 0.6 is 0 Å². The van der Waals surface area contributed by atoms with E-state index in [0.717, 1.165) is 16.8 Å². The van der Waals surface area contributed by atoms with Gasteiger partial charge in [0.2, 0.25) is 0 Å². The molecular weight excluding hydrogens is 374 g/mol. The minimum atomic E-state index is -0.100. The van der Waals surface area contributed by atoms with Gasteiger partial charge in [0.15, 0.2) is 0 Å². The summed E-state index contributed by atoms with van der Waals surface area (Å²) in [5, 5.41) is 0. The van der Waals surface area contributed by atoms with E-state index in [1.165, 1.54) is 25.1 Å². The smallest absolute Gasteiger partial charge is 0.254 e. The molecule has 1 aromatic carbocycles. The first-order chi connectivity index (χ1) is 14.6. The van der Waals surface area contributed by atoms with Crippen LogP contribution in [0, 0.1) is 24.7 Å². The van der Waals surface area contributed by atoms with Gasteiger partial charge in [-0.15, -0.1) is 0 Å². The maximum Gasteiger partial charge on any atom is 0.254 e. The Labute approximate surface area is 179 Å². The lowest BCUT2D eigenvalue weighted by molar-refractivity contribution is 0.374. The minimum Gasteiger partial charge on any atom is -0.487 e. The molecule has 1 aliphatic rings. The zero-order valence-corrected chi connectivity index (χ0v) is 18.3. The van der Waals surface area contributed by atoms with Crippen LogP contribution < -0.4 is 16.0 Å². The summed E-state index contributed by atoms with van der Waals surface area (Å²) in [4.78, 5) is 16.6. The maximum atomic E-state index is 12.6. The second-order valence-corrected chi connectivity index (χ2v) is 6.86. The first-order valence-electron chi connectivity index (χ1n) is 10.4. The highest BCUT2D eigenvalue weighted by Gasteiger charge is 2.17. The minimum absolute atomic E-state index is 0.100. The molecule has 2 aromatic rings. The molecule has 5 heteroatoms. The second-order valence-electron chi connectivity index (χ2n) is 6.86. The number of nitrogens with zero attached hydrogens (tertiary/aromatic N) is 2. The van der Waals surface area contributed by atoms with Gasteiger partial charge in [-0.1, -0.05) is 37.8 Å². The zero-order valence-electron chi connectivity index (χ0n) is 18.3. The molecule has 1 saturated carbocycles. The zero-order chi connectivity index (χ0) is 21.9. The predicted molar refractivity (Wildman–Crippen MR) is 124 cm³/mol. The highest BCUT2D eigenvalue weighted by Crippen LogP contribution is 2.27. The van der Waals surface area contributed by atoms with Gasteiger partial charge in [0.05, 0.1) is 12.3 Å². The highest BCUT2D eigenvalue weighted by atomic mass is 16.5. The number of aliphatic imine (C=N–C) groups is 1. The number of aryl methyl sites for hydroxylation is 1. The third kappa shape index (κ3) is 6.97. The Hall–Kier alpha value is -3.26. The Morgan fingerprint density at radius 2 is 1.97 bits per heavy atom. The second kappa shape index (κ2) is 11.7. The number of pyridine rings is 1. The number of hydrogen-bond donors (Lipinski definition) is 1. The fourth-order valence-corrected chi connectivity index (χ4v) is 2.73. The molecule has 158 valence electrons. The van der Waals surface area contributed by atoms with E-state index in [1.54, 1.807) is 17.7 Å². The van der Waals surface area contributed by atoms with Crippen LogP contribution in [0.1, 0.15) is 43.5 Å². The Morgan fingerprint density at radius 1 is 1.27 bits per heavy atom. The van der Waals surface area contributed by atoms with E-state index < -0.39 is 0 Å². The lowest BCUT2D eigenvalue weighted by atomic mass is 10.1. The summed E-state index contributed by atoms with van der Waals surface area (Å²) < 4.78 is 7.41. The van der Waals surface area contributed by atoms with E-state index in [4.69, 9.17) is 10.5 Å². The largest absolute Gasteiger partial charge is 0.487 e. The molecule has 0 radical (unpaired) electrons. The highest BCUT2D eigenvalue weighted by molar-refractivity contribution is 5.96. The summed E-state index contributed by atoms with van der Waals surface area (Å²) in [6.45, 7) is 6.67. The molecule has 1 aromatic heterocycles. The molecule has 0 amide bonds. The molecule has 1 heterocycles. The molecule has 0 spiro atoms. The van der Waals surface area contributed by atoms with E-state index >= 15 is 0 Å². The number of ether oxygens (including phenoxy) is 1. The van der Waals surface area contributed by atoms with Gasteiger partial charge in [0, 0.05) is 30.3 Å². The fourth-order valence-electron chi connectivity index (χ4n) is 2.73. The monoisotopic (exact) mass is 405 g/mol. The normalized spacial score (nSPS) is 13.3. The first-order valence-corrected chi connectivity index (χ1v) is 10.4. The molecule has 3 rings (SSSR count). The third-order valence-electron chi connectivity index (χ3n) is 4.56. The average Bonchev–Trinajstić information content (AvgIpc) is 3.59. The molecule has 2 N–H and O–H groups in total. The number of benzene rings is 1. The SMILES string of the molecule is CC.CN=C(/C=C\N)COc1cc(C)n(Cc2ccc(C#CC3CC3)cc2)c(=O)c1. The number of aromatic nitrogens is 1. The van der Waals surface area contributed by atoms with Crippen molar-refractivity contribution in [2.24, 2.45) is 16.6 Å². The van der Waals surface area contributed by atoms with Crippen molar-refractivity contribution >= 4 is 5.71 Å². The van der Waals surface area contributed by atoms with Gasteiger partial charge in [0.1, 0.15) is 12.4 Å². The first kappa shape index (κ1) is 23.0. The van der Waals surface area contributed by atoms with Crippen LogP contribution in [0.2, 0.25) is 0 Å². The van der Waals surface area contributed by atoms with Gasteiger partial charge in [-0.05, 0) is 55.8 Å². The van der Waals surface area contributed by atoms with Gasteiger partial charge >= 0.3 is 0 Å². The summed E-state index contributed by atoms with van der Waals surface area (Å²) in [7, 11) is 1.67. The molecule has 1 aliphatic carbocycles. The van der Waals surface area contributed by atoms with Gasteiger partial charge in [-0.2, -0.15) is 0 Å². The van der Waals surface area contributed by atoms with Gasteiger partial charge < -0.3 is 15.0 Å². The predicted octanol–water partition coefficient (Wildman–Crippen LogP) is 3.91. The Kier molecular flexibility index (Phi) is 8.96. The maximum absolute atomic E-state index is 12.6. The van der Waals surface area contributed by atoms with Crippen molar-refractivity contribution in [3.63, 3.8) is 0 Å². The summed E-state index contributed by atoms with van der Waals surface area (Å²) in [5.74, 6) is 7.58. The molecule has 0 saturated heterocycles. The topological polar surface area (TPSA) is 69.6 Å². The van der Waals surface area contributed by atoms with Crippen molar-refractivity contribution in [1.82, 2.24) is 4.57 Å². The van der Waals surface area contributed by atoms with E-state index in [9.17, 15) is 4.79 Å². The van der Waals surface area contributed by atoms with Gasteiger partial charge in [-0.25, -0.2) is 0 Å². The summed E-state index contributed by atoms with van der Waals surface area (Å²) in [5.41, 5.74) is 8.90. The van der Waals surface area contributed by atoms with Crippen molar-refractivity contribution in [3.8, 4) is 17.6 Å². The standard InChI is InChI=1S/C23H25N3O2.C2H6/c1-17-13-22(28-16-21(25-2)11-12-24)14-23(27)26(17)15-20-9-7-19(8-10-20)6-5-18-3-4-18;1-2/h7-14,18H,3-4,15-16,24H2,1-2H3;1-2H3/b12-11-,25-21?;. The van der Waals surface area contributed by atoms with Crippen LogP contribution in [-0.2, 0) is 6.54 Å². The van der Waals surface area contributed by atoms with Crippen molar-refractivity contribution < 1.29 is 4.74 Å². The molecule has 1 fully saturated rings. The van der Waals surface area contributed by atoms with Crippen LogP contribution in [0.4, 0.5) is 0 Å². The van der Waals surface area contributed by atoms with Crippen LogP contribution in [0.5, 0.6) is 5.75 Å². The average molecular weight is 406 g/mol. The number of nitrogens with two attached hydrogens (primary N) is 1. The third-order valence-corrected chi connectivity index (χ3v) is 4.56. The lowest BCUT2D eigenvalue weighted by Crippen LogP contribution is -2.23. The summed E-state index contributed by atoms with van der Waals surface area (Å²) >= 11 is 0. The Morgan fingerprint density at radius 3 is 2.53 bits per heavy atom. The fraction of sp³-hybridized carbons (Fsp3) is 0.360. The molecule has 0 atom stereocenters. The molecule has 0 unspecified atom stereocenters. The van der Waals surface area contributed by atoms with Gasteiger partial charge in [-0.3, -0.25) is 9.79 Å². The van der Waals surface area contributed by atoms with Crippen molar-refractivity contribution in [2.75, 3.05) is 13.7 Å². The number of rotatable bonds is 6. The molecule has 0 bridgehead atoms. The van der Waals surface area contributed by atoms with E-state index in [2.05, 4.69) is 16.8 Å². The van der Waals surface area contributed by atoms with E-state index in [-0.39, 0.29) is 12.2 Å². The summed E-state index contributed by atoms with van der Waals surface area (Å²) in [6, 6.07) is 11.4. The molecular formula is C25H31N3O2. The Balaban J connectivity index is 0.00000155. The molecule has 0 aliphatic heterocycles. The summed E-state index contributed by atoms with van der Waals surface area (Å²) in [6.07, 6.45) is 5.54. The van der Waals surface area contributed by atoms with Crippen molar-refractivity contribution in [3.05, 3.63) is 75.8 Å². The van der Waals surface area contributed by atoms with Gasteiger partial charge in [0.25, 0.3) is 5.56 Å². The van der Waals surface area contributed by atoms with Crippen LogP contribution in [-0.4, -0.2) is 23.9 Å². The Bertz CT molecular complexity index is 1000. The van der Waals surface area contributed by atoms with E-state index in [0.29, 0.717) is 23.9 Å². The lowest BCUT2D eigenvalue weighted by Gasteiger charge is -2.13. The quantitative estimate of drug-likeness (QED) is 0.585. The van der Waals surface area contributed by atoms with Crippen LogP contribution in [0.15, 0.2) is 58.5 Å². The van der Waals surface area contributed by atoms with Crippen LogP contribution in [0.3, 0.4) is 0 Å². The number of hydrogen-bond acceptors (Lipinski definition) is 4. The van der Waals surface area contributed by atoms with Crippen LogP contribution in [0.25, 0.3) is 0 Å². The molecule has 5 nitrogen and oxygen atoms in total.